The second kappa shape index (κ2) is 11.7. The van der Waals surface area contributed by atoms with Crippen LogP contribution in [0.15, 0.2) is 30.3 Å². The van der Waals surface area contributed by atoms with E-state index in [2.05, 4.69) is 69.1 Å². The average Bonchev–Trinajstić information content (AvgIpc) is 2.60. The van der Waals surface area contributed by atoms with E-state index in [1.54, 1.807) is 0 Å². The predicted molar refractivity (Wildman–Crippen MR) is 111 cm³/mol. The van der Waals surface area contributed by atoms with Crippen LogP contribution in [0.4, 0.5) is 0 Å². The SMILES string of the molecule is CCCCCCCC[C@H]1O[C@@H](CCc2ccccc2)C[C@@H](Br)[C@H]1Br. The summed E-state index contributed by atoms with van der Waals surface area (Å²) < 4.78 is 6.44. The molecule has 0 aromatic heterocycles. The molecule has 4 atom stereocenters. The van der Waals surface area contributed by atoms with Crippen LogP contribution in [0.5, 0.6) is 0 Å². The summed E-state index contributed by atoms with van der Waals surface area (Å²) in [6.07, 6.45) is 13.4. The molecule has 1 aromatic rings. The standard InChI is InChI=1S/C21H32Br2O/c1-2-3-4-5-6-10-13-20-21(23)19(22)16-18(24-20)15-14-17-11-8-7-9-12-17/h7-9,11-12,18-21H,2-6,10,13-16H2,1H3/t18-,19+,20+,21+/m0/s1. The molecule has 0 saturated carbocycles. The molecule has 0 aliphatic carbocycles. The Morgan fingerprint density at radius 2 is 1.67 bits per heavy atom. The molecule has 2 rings (SSSR count). The van der Waals surface area contributed by atoms with Gasteiger partial charge in [-0.25, -0.2) is 0 Å². The molecule has 1 fully saturated rings. The highest BCUT2D eigenvalue weighted by atomic mass is 79.9. The molecule has 24 heavy (non-hydrogen) atoms. The first-order chi connectivity index (χ1) is 11.7. The second-order valence-electron chi connectivity index (χ2n) is 7.07. The molecule has 0 radical (unpaired) electrons. The van der Waals surface area contributed by atoms with Gasteiger partial charge >= 0.3 is 0 Å². The minimum absolute atomic E-state index is 0.357. The maximum atomic E-state index is 6.44. The van der Waals surface area contributed by atoms with Gasteiger partial charge in [-0.15, -0.1) is 0 Å². The average molecular weight is 460 g/mol. The lowest BCUT2D eigenvalue weighted by Gasteiger charge is -2.37. The highest BCUT2D eigenvalue weighted by Crippen LogP contribution is 2.34. The van der Waals surface area contributed by atoms with Crippen molar-refractivity contribution in [2.75, 3.05) is 0 Å². The summed E-state index contributed by atoms with van der Waals surface area (Å²) in [4.78, 5) is 0.971. The third kappa shape index (κ3) is 7.17. The van der Waals surface area contributed by atoms with E-state index in [0.29, 0.717) is 21.9 Å². The summed E-state index contributed by atoms with van der Waals surface area (Å²) in [6, 6.07) is 10.8. The van der Waals surface area contributed by atoms with Gasteiger partial charge in [0.2, 0.25) is 0 Å². The molecule has 136 valence electrons. The van der Waals surface area contributed by atoms with Gasteiger partial charge in [0.25, 0.3) is 0 Å². The van der Waals surface area contributed by atoms with E-state index < -0.39 is 0 Å². The Morgan fingerprint density at radius 1 is 0.958 bits per heavy atom. The molecule has 1 heterocycles. The summed E-state index contributed by atoms with van der Waals surface area (Å²) in [7, 11) is 0. The summed E-state index contributed by atoms with van der Waals surface area (Å²) in [5.41, 5.74) is 1.42. The van der Waals surface area contributed by atoms with Crippen molar-refractivity contribution in [2.24, 2.45) is 0 Å². The Hall–Kier alpha value is 0.140. The smallest absolute Gasteiger partial charge is 0.0714 e. The molecule has 0 bridgehead atoms. The van der Waals surface area contributed by atoms with Crippen molar-refractivity contribution >= 4 is 31.9 Å². The van der Waals surface area contributed by atoms with Crippen molar-refractivity contribution in [3.63, 3.8) is 0 Å². The second-order valence-corrected chi connectivity index (χ2v) is 9.31. The van der Waals surface area contributed by atoms with E-state index in [1.165, 1.54) is 50.5 Å². The zero-order valence-electron chi connectivity index (χ0n) is 14.9. The lowest BCUT2D eigenvalue weighted by atomic mass is 9.96. The molecule has 1 nitrogen and oxygen atoms in total. The Kier molecular flexibility index (Phi) is 9.97. The summed E-state index contributed by atoms with van der Waals surface area (Å²) >= 11 is 7.74. The Balaban J connectivity index is 1.72. The number of rotatable bonds is 10. The van der Waals surface area contributed by atoms with Crippen LogP contribution in [-0.2, 0) is 11.2 Å². The van der Waals surface area contributed by atoms with Gasteiger partial charge in [0.05, 0.1) is 17.0 Å². The van der Waals surface area contributed by atoms with Crippen LogP contribution in [0, 0.1) is 0 Å². The van der Waals surface area contributed by atoms with Gasteiger partial charge in [-0.2, -0.15) is 0 Å². The summed E-state index contributed by atoms with van der Waals surface area (Å²) in [5, 5.41) is 0. The summed E-state index contributed by atoms with van der Waals surface area (Å²) in [5.74, 6) is 0. The highest BCUT2D eigenvalue weighted by molar-refractivity contribution is 9.12. The van der Waals surface area contributed by atoms with Gasteiger partial charge in [-0.1, -0.05) is 108 Å². The van der Waals surface area contributed by atoms with E-state index in [-0.39, 0.29) is 0 Å². The van der Waals surface area contributed by atoms with Crippen molar-refractivity contribution in [1.29, 1.82) is 0 Å². The highest BCUT2D eigenvalue weighted by Gasteiger charge is 2.35. The fraction of sp³-hybridized carbons (Fsp3) is 0.714. The van der Waals surface area contributed by atoms with E-state index in [4.69, 9.17) is 4.74 Å². The van der Waals surface area contributed by atoms with Crippen LogP contribution in [0.25, 0.3) is 0 Å². The van der Waals surface area contributed by atoms with Crippen LogP contribution >= 0.6 is 31.9 Å². The number of benzene rings is 1. The predicted octanol–water partition coefficient (Wildman–Crippen LogP) is 7.05. The Bertz CT molecular complexity index is 437. The summed E-state index contributed by atoms with van der Waals surface area (Å²) in [6.45, 7) is 2.27. The van der Waals surface area contributed by atoms with Crippen LogP contribution in [0.2, 0.25) is 0 Å². The number of hydrogen-bond donors (Lipinski definition) is 0. The molecule has 1 aliphatic heterocycles. The number of ether oxygens (including phenoxy) is 1. The van der Waals surface area contributed by atoms with Crippen molar-refractivity contribution in [3.8, 4) is 0 Å². The van der Waals surface area contributed by atoms with E-state index >= 15 is 0 Å². The lowest BCUT2D eigenvalue weighted by molar-refractivity contribution is -0.0482. The molecule has 1 aromatic carbocycles. The number of aryl methyl sites for hydroxylation is 1. The first kappa shape index (κ1) is 20.5. The zero-order valence-corrected chi connectivity index (χ0v) is 18.1. The number of alkyl halides is 2. The van der Waals surface area contributed by atoms with E-state index in [9.17, 15) is 0 Å². The van der Waals surface area contributed by atoms with Crippen molar-refractivity contribution < 1.29 is 4.74 Å². The fourth-order valence-corrected chi connectivity index (χ4v) is 4.87. The van der Waals surface area contributed by atoms with Crippen LogP contribution in [0.1, 0.15) is 70.3 Å². The third-order valence-electron chi connectivity index (χ3n) is 5.00. The van der Waals surface area contributed by atoms with Crippen molar-refractivity contribution in [2.45, 2.75) is 93.0 Å². The normalized spacial score (nSPS) is 27.3. The molecule has 1 aliphatic rings. The molecule has 0 unspecified atom stereocenters. The number of unbranched alkanes of at least 4 members (excludes halogenated alkanes) is 5. The zero-order chi connectivity index (χ0) is 17.2. The third-order valence-corrected chi connectivity index (χ3v) is 7.88. The van der Waals surface area contributed by atoms with Gasteiger partial charge in [-0.05, 0) is 31.2 Å². The molecule has 3 heteroatoms. The minimum atomic E-state index is 0.357. The molecular weight excluding hydrogens is 428 g/mol. The van der Waals surface area contributed by atoms with Crippen molar-refractivity contribution in [1.82, 2.24) is 0 Å². The minimum Gasteiger partial charge on any atom is -0.374 e. The van der Waals surface area contributed by atoms with Gasteiger partial charge in [0.1, 0.15) is 0 Å². The van der Waals surface area contributed by atoms with Gasteiger partial charge < -0.3 is 4.74 Å². The van der Waals surface area contributed by atoms with Crippen LogP contribution in [-0.4, -0.2) is 21.9 Å². The fourth-order valence-electron chi connectivity index (χ4n) is 3.50. The first-order valence-electron chi connectivity index (χ1n) is 9.68. The van der Waals surface area contributed by atoms with Gasteiger partial charge in [0, 0.05) is 4.83 Å². The Morgan fingerprint density at radius 3 is 2.42 bits per heavy atom. The van der Waals surface area contributed by atoms with Gasteiger partial charge in [-0.3, -0.25) is 0 Å². The maximum Gasteiger partial charge on any atom is 0.0714 e. The molecule has 0 spiro atoms. The molecule has 0 amide bonds. The van der Waals surface area contributed by atoms with E-state index in [1.807, 2.05) is 0 Å². The van der Waals surface area contributed by atoms with Crippen LogP contribution < -0.4 is 0 Å². The quantitative estimate of drug-likeness (QED) is 0.269. The maximum absolute atomic E-state index is 6.44. The monoisotopic (exact) mass is 458 g/mol. The van der Waals surface area contributed by atoms with E-state index in [0.717, 1.165) is 19.3 Å². The van der Waals surface area contributed by atoms with Crippen LogP contribution in [0.3, 0.4) is 0 Å². The molecular formula is C21H32Br2O. The van der Waals surface area contributed by atoms with Gasteiger partial charge in [0.15, 0.2) is 0 Å². The largest absolute Gasteiger partial charge is 0.374 e. The number of hydrogen-bond acceptors (Lipinski definition) is 1. The Labute approximate surface area is 165 Å². The van der Waals surface area contributed by atoms with Crippen molar-refractivity contribution in [3.05, 3.63) is 35.9 Å². The number of halogens is 2. The first-order valence-corrected chi connectivity index (χ1v) is 11.5. The topological polar surface area (TPSA) is 9.23 Å². The molecule has 0 N–H and O–H groups in total. The lowest BCUT2D eigenvalue weighted by Crippen LogP contribution is -2.42. The molecule has 1 saturated heterocycles.